The van der Waals surface area contributed by atoms with Crippen LogP contribution in [0.2, 0.25) is 0 Å². The largest absolute Gasteiger partial charge is 0.299 e. The van der Waals surface area contributed by atoms with Crippen LogP contribution >= 0.6 is 11.3 Å². The van der Waals surface area contributed by atoms with E-state index in [9.17, 15) is 4.79 Å². The number of Topliss-reactive ketones (excluding diaryl/α,β-unsaturated/α-hetero) is 1. The Morgan fingerprint density at radius 3 is 2.54 bits per heavy atom. The van der Waals surface area contributed by atoms with Gasteiger partial charge < -0.3 is 0 Å². The van der Waals surface area contributed by atoms with Gasteiger partial charge in [0.25, 0.3) is 0 Å². The molecule has 0 bridgehead atoms. The van der Waals surface area contributed by atoms with E-state index in [-0.39, 0.29) is 5.41 Å². The van der Waals surface area contributed by atoms with Crippen molar-refractivity contribution in [1.29, 1.82) is 0 Å². The quantitative estimate of drug-likeness (QED) is 0.671. The van der Waals surface area contributed by atoms with Crippen molar-refractivity contribution in [3.63, 3.8) is 0 Å². The first kappa shape index (κ1) is 8.95. The van der Waals surface area contributed by atoms with Gasteiger partial charge in [0.15, 0.2) is 0 Å². The van der Waals surface area contributed by atoms with E-state index in [0.29, 0.717) is 11.7 Å². The molecule has 13 heavy (non-hydrogen) atoms. The Kier molecular flexibility index (Phi) is 1.84. The molecule has 0 aromatic carbocycles. The van der Waals surface area contributed by atoms with E-state index < -0.39 is 0 Å². The molecular weight excluding hydrogens is 180 g/mol. The molecule has 0 aliphatic heterocycles. The number of hydrogen-bond acceptors (Lipinski definition) is 2. The number of hydrogen-bond donors (Lipinski definition) is 0. The predicted molar refractivity (Wildman–Crippen MR) is 55.2 cm³/mol. The van der Waals surface area contributed by atoms with Crippen LogP contribution in [0.4, 0.5) is 0 Å². The van der Waals surface area contributed by atoms with Crippen LogP contribution in [0.15, 0.2) is 12.1 Å². The molecule has 0 radical (unpaired) electrons. The normalized spacial score (nSPS) is 25.8. The second-order valence-electron chi connectivity index (χ2n) is 4.35. The fraction of sp³-hybridized carbons (Fsp3) is 0.545. The lowest BCUT2D eigenvalue weighted by molar-refractivity contribution is -0.137. The number of rotatable bonds is 1. The Bertz CT molecular complexity index is 349. The molecule has 0 saturated heterocycles. The predicted octanol–water partition coefficient (Wildman–Crippen LogP) is 3.14. The highest BCUT2D eigenvalue weighted by molar-refractivity contribution is 7.12. The van der Waals surface area contributed by atoms with Gasteiger partial charge in [0.2, 0.25) is 0 Å². The van der Waals surface area contributed by atoms with Gasteiger partial charge in [0, 0.05) is 27.5 Å². The minimum atomic E-state index is -0.114. The zero-order valence-corrected chi connectivity index (χ0v) is 9.07. The van der Waals surface area contributed by atoms with E-state index in [1.165, 1.54) is 9.75 Å². The van der Waals surface area contributed by atoms with Crippen LogP contribution in [0, 0.1) is 12.3 Å². The fourth-order valence-corrected chi connectivity index (χ4v) is 3.03. The summed E-state index contributed by atoms with van der Waals surface area (Å²) in [6, 6.07) is 4.30. The van der Waals surface area contributed by atoms with Crippen LogP contribution < -0.4 is 0 Å². The van der Waals surface area contributed by atoms with Gasteiger partial charge in [-0.05, 0) is 19.1 Å². The summed E-state index contributed by atoms with van der Waals surface area (Å²) in [4.78, 5) is 14.1. The van der Waals surface area contributed by atoms with Gasteiger partial charge in [-0.3, -0.25) is 4.79 Å². The van der Waals surface area contributed by atoms with Gasteiger partial charge >= 0.3 is 0 Å². The first-order valence-corrected chi connectivity index (χ1v) is 5.43. The average molecular weight is 194 g/mol. The molecule has 0 spiro atoms. The molecule has 1 aliphatic carbocycles. The summed E-state index contributed by atoms with van der Waals surface area (Å²) >= 11 is 1.82. The standard InChI is InChI=1S/C11H14OS/c1-7-4-5-9(13-7)8-6-10(12)11(8,2)3/h4-5,8H,6H2,1-3H3. The molecule has 2 rings (SSSR count). The van der Waals surface area contributed by atoms with Crippen LogP contribution in [0.1, 0.15) is 35.9 Å². The molecule has 2 heteroatoms. The van der Waals surface area contributed by atoms with Crippen molar-refractivity contribution in [3.05, 3.63) is 21.9 Å². The summed E-state index contributed by atoms with van der Waals surface area (Å²) in [6.45, 7) is 6.22. The van der Waals surface area contributed by atoms with E-state index >= 15 is 0 Å². The first-order chi connectivity index (χ1) is 6.01. The SMILES string of the molecule is Cc1ccc(C2CC(=O)C2(C)C)s1. The molecule has 1 aliphatic rings. The zero-order valence-electron chi connectivity index (χ0n) is 8.26. The van der Waals surface area contributed by atoms with Crippen LogP contribution in [-0.4, -0.2) is 5.78 Å². The highest BCUT2D eigenvalue weighted by Crippen LogP contribution is 2.50. The molecule has 1 nitrogen and oxygen atoms in total. The van der Waals surface area contributed by atoms with Gasteiger partial charge in [0.1, 0.15) is 5.78 Å². The average Bonchev–Trinajstić information content (AvgIpc) is 2.47. The Labute approximate surface area is 82.8 Å². The summed E-state index contributed by atoms with van der Waals surface area (Å²) in [6.07, 6.45) is 0.743. The monoisotopic (exact) mass is 194 g/mol. The Hall–Kier alpha value is -0.630. The van der Waals surface area contributed by atoms with E-state index in [1.54, 1.807) is 0 Å². The first-order valence-electron chi connectivity index (χ1n) is 4.61. The maximum atomic E-state index is 11.3. The summed E-state index contributed by atoms with van der Waals surface area (Å²) < 4.78 is 0. The summed E-state index contributed by atoms with van der Waals surface area (Å²) in [5, 5.41) is 0. The summed E-state index contributed by atoms with van der Waals surface area (Å²) in [7, 11) is 0. The molecule has 1 saturated carbocycles. The number of aryl methyl sites for hydroxylation is 1. The zero-order chi connectivity index (χ0) is 9.64. The van der Waals surface area contributed by atoms with Crippen LogP contribution in [-0.2, 0) is 4.79 Å². The Morgan fingerprint density at radius 2 is 2.15 bits per heavy atom. The lowest BCUT2D eigenvalue weighted by Gasteiger charge is -2.42. The molecule has 1 atom stereocenters. The van der Waals surface area contributed by atoms with Crippen molar-refractivity contribution >= 4 is 17.1 Å². The Morgan fingerprint density at radius 1 is 1.46 bits per heavy atom. The van der Waals surface area contributed by atoms with E-state index in [2.05, 4.69) is 32.9 Å². The lowest BCUT2D eigenvalue weighted by atomic mass is 9.61. The van der Waals surface area contributed by atoms with Crippen LogP contribution in [0.5, 0.6) is 0 Å². The number of carbonyl (C=O) groups is 1. The van der Waals surface area contributed by atoms with Crippen molar-refractivity contribution < 1.29 is 4.79 Å². The molecule has 1 aromatic heterocycles. The highest BCUT2D eigenvalue weighted by Gasteiger charge is 2.48. The van der Waals surface area contributed by atoms with Crippen molar-refractivity contribution in [3.8, 4) is 0 Å². The molecule has 1 unspecified atom stereocenters. The third-order valence-corrected chi connectivity index (χ3v) is 4.20. The van der Waals surface area contributed by atoms with Crippen molar-refractivity contribution in [1.82, 2.24) is 0 Å². The maximum Gasteiger partial charge on any atom is 0.139 e. The number of ketones is 1. The second kappa shape index (κ2) is 2.68. The van der Waals surface area contributed by atoms with Crippen molar-refractivity contribution in [2.24, 2.45) is 5.41 Å². The highest BCUT2D eigenvalue weighted by atomic mass is 32.1. The molecule has 1 heterocycles. The van der Waals surface area contributed by atoms with Crippen LogP contribution in [0.25, 0.3) is 0 Å². The van der Waals surface area contributed by atoms with Gasteiger partial charge in [-0.25, -0.2) is 0 Å². The van der Waals surface area contributed by atoms with Crippen molar-refractivity contribution in [2.75, 3.05) is 0 Å². The van der Waals surface area contributed by atoms with Gasteiger partial charge in [-0.1, -0.05) is 13.8 Å². The second-order valence-corrected chi connectivity index (χ2v) is 5.67. The molecule has 1 aromatic rings. The Balaban J connectivity index is 2.26. The third kappa shape index (κ3) is 1.24. The molecule has 0 amide bonds. The summed E-state index contributed by atoms with van der Waals surface area (Å²) in [5.41, 5.74) is -0.114. The smallest absolute Gasteiger partial charge is 0.139 e. The lowest BCUT2D eigenvalue weighted by Crippen LogP contribution is -2.43. The van der Waals surface area contributed by atoms with E-state index in [1.807, 2.05) is 11.3 Å². The molecular formula is C11H14OS. The molecule has 70 valence electrons. The van der Waals surface area contributed by atoms with Gasteiger partial charge in [-0.2, -0.15) is 0 Å². The van der Waals surface area contributed by atoms with E-state index in [0.717, 1.165) is 6.42 Å². The minimum absolute atomic E-state index is 0.114. The minimum Gasteiger partial charge on any atom is -0.299 e. The maximum absolute atomic E-state index is 11.3. The van der Waals surface area contributed by atoms with E-state index in [4.69, 9.17) is 0 Å². The topological polar surface area (TPSA) is 17.1 Å². The third-order valence-electron chi connectivity index (χ3n) is 3.08. The molecule has 0 N–H and O–H groups in total. The fourth-order valence-electron chi connectivity index (χ4n) is 1.86. The summed E-state index contributed by atoms with van der Waals surface area (Å²) in [5.74, 6) is 0.877. The number of carbonyl (C=O) groups excluding carboxylic acids is 1. The molecule has 1 fully saturated rings. The van der Waals surface area contributed by atoms with Crippen LogP contribution in [0.3, 0.4) is 0 Å². The van der Waals surface area contributed by atoms with Gasteiger partial charge in [-0.15, -0.1) is 11.3 Å². The number of thiophene rings is 1. The van der Waals surface area contributed by atoms with Crippen molar-refractivity contribution in [2.45, 2.75) is 33.1 Å². The van der Waals surface area contributed by atoms with Gasteiger partial charge in [0.05, 0.1) is 0 Å².